The first-order valence-corrected chi connectivity index (χ1v) is 29.2. The van der Waals surface area contributed by atoms with Crippen molar-refractivity contribution < 1.29 is 42.1 Å². The van der Waals surface area contributed by atoms with Gasteiger partial charge in [-0.3, -0.25) is 18.6 Å². The van der Waals surface area contributed by atoms with E-state index in [4.69, 9.17) is 18.5 Å². The maximum absolute atomic E-state index is 12.8. The van der Waals surface area contributed by atoms with Crippen molar-refractivity contribution in [3.63, 3.8) is 0 Å². The molecular weight excluding hydrogens is 846 g/mol. The second-order valence-electron chi connectivity index (χ2n) is 20.0. The van der Waals surface area contributed by atoms with Crippen molar-refractivity contribution >= 4 is 19.8 Å². The van der Waals surface area contributed by atoms with Crippen LogP contribution in [0.5, 0.6) is 0 Å². The molecule has 0 radical (unpaired) electrons. The van der Waals surface area contributed by atoms with Crippen molar-refractivity contribution in [1.82, 2.24) is 0 Å². The molecule has 0 heterocycles. The lowest BCUT2D eigenvalue weighted by Gasteiger charge is -2.24. The number of esters is 2. The number of unbranched alkanes of at least 4 members (excludes halogenated alkanes) is 31. The number of rotatable bonds is 51. The first-order valence-electron chi connectivity index (χ1n) is 27.7. The van der Waals surface area contributed by atoms with Gasteiger partial charge in [-0.25, -0.2) is 4.57 Å². The van der Waals surface area contributed by atoms with Gasteiger partial charge < -0.3 is 18.9 Å². The Morgan fingerprint density at radius 1 is 0.470 bits per heavy atom. The van der Waals surface area contributed by atoms with E-state index in [2.05, 4.69) is 50.3 Å². The van der Waals surface area contributed by atoms with E-state index in [1.807, 2.05) is 21.1 Å². The molecule has 10 heteroatoms. The molecule has 0 rings (SSSR count). The van der Waals surface area contributed by atoms with Crippen LogP contribution in [0, 0.1) is 0 Å². The standard InChI is InChI=1S/C56H106NO8P/c1-6-8-10-12-14-16-18-20-22-24-26-27-28-29-31-32-34-36-38-40-42-44-46-48-55(58)62-52-54(53-64-66(60,61)63-51-50-57(3,4)5)65-56(59)49-47-45-43-41-39-37-35-33-30-25-23-21-19-17-15-13-11-9-7-2/h15,17,21,23,40,42,54H,6-14,16,18-20,22,24-39,41,43-53H2,1-5H3/p+1/b17-15+,23-21+,42-40+/t54-/m1/s1. The molecule has 0 saturated carbocycles. The van der Waals surface area contributed by atoms with Crippen molar-refractivity contribution in [3.8, 4) is 0 Å². The van der Waals surface area contributed by atoms with Crippen LogP contribution in [0.15, 0.2) is 36.5 Å². The highest BCUT2D eigenvalue weighted by Crippen LogP contribution is 2.43. The third-order valence-electron chi connectivity index (χ3n) is 12.1. The number of carbonyl (C=O) groups is 2. The monoisotopic (exact) mass is 953 g/mol. The molecule has 0 bridgehead atoms. The molecule has 0 aliphatic heterocycles. The zero-order valence-corrected chi connectivity index (χ0v) is 44.8. The van der Waals surface area contributed by atoms with E-state index in [0.717, 1.165) is 44.9 Å². The summed E-state index contributed by atoms with van der Waals surface area (Å²) in [6.45, 7) is 4.41. The lowest BCUT2D eigenvalue weighted by Crippen LogP contribution is -2.37. The molecule has 0 amide bonds. The highest BCUT2D eigenvalue weighted by Gasteiger charge is 2.27. The summed E-state index contributed by atoms with van der Waals surface area (Å²) in [5.74, 6) is -0.831. The van der Waals surface area contributed by atoms with Crippen LogP contribution in [0.2, 0.25) is 0 Å². The van der Waals surface area contributed by atoms with Gasteiger partial charge in [0.15, 0.2) is 6.10 Å². The second kappa shape index (κ2) is 48.3. The van der Waals surface area contributed by atoms with E-state index < -0.39 is 32.5 Å². The number of hydrogen-bond donors (Lipinski definition) is 1. The first-order chi connectivity index (χ1) is 32.0. The van der Waals surface area contributed by atoms with Crippen molar-refractivity contribution in [2.45, 2.75) is 264 Å². The summed E-state index contributed by atoms with van der Waals surface area (Å²) in [5.41, 5.74) is 0. The van der Waals surface area contributed by atoms with Gasteiger partial charge in [0.2, 0.25) is 0 Å². The Bertz CT molecular complexity index is 1210. The number of ether oxygens (including phenoxy) is 2. The van der Waals surface area contributed by atoms with Crippen LogP contribution >= 0.6 is 7.82 Å². The third-order valence-corrected chi connectivity index (χ3v) is 13.1. The summed E-state index contributed by atoms with van der Waals surface area (Å²) in [7, 11) is 1.47. The van der Waals surface area contributed by atoms with Crippen LogP contribution in [-0.4, -0.2) is 74.9 Å². The van der Waals surface area contributed by atoms with E-state index in [1.165, 1.54) is 173 Å². The Balaban J connectivity index is 4.21. The van der Waals surface area contributed by atoms with E-state index in [-0.39, 0.29) is 26.1 Å². The molecule has 66 heavy (non-hydrogen) atoms. The molecule has 0 aromatic carbocycles. The first kappa shape index (κ1) is 64.2. The maximum Gasteiger partial charge on any atom is 0.472 e. The summed E-state index contributed by atoms with van der Waals surface area (Å²) in [6, 6.07) is 0. The van der Waals surface area contributed by atoms with Crippen LogP contribution in [0.1, 0.15) is 258 Å². The number of quaternary nitrogens is 1. The Morgan fingerprint density at radius 3 is 1.29 bits per heavy atom. The molecule has 0 fully saturated rings. The minimum absolute atomic E-state index is 0.0277. The van der Waals surface area contributed by atoms with Gasteiger partial charge in [0.05, 0.1) is 27.7 Å². The summed E-state index contributed by atoms with van der Waals surface area (Å²) in [5, 5.41) is 0. The summed E-state index contributed by atoms with van der Waals surface area (Å²) >= 11 is 0. The molecule has 388 valence electrons. The number of phosphoric acid groups is 1. The zero-order chi connectivity index (χ0) is 48.5. The number of phosphoric ester groups is 1. The quantitative estimate of drug-likeness (QED) is 0.0211. The van der Waals surface area contributed by atoms with Gasteiger partial charge in [-0.05, 0) is 64.2 Å². The Hall–Kier alpha value is -1.77. The number of nitrogens with zero attached hydrogens (tertiary/aromatic N) is 1. The van der Waals surface area contributed by atoms with Crippen molar-refractivity contribution in [1.29, 1.82) is 0 Å². The Labute approximate surface area is 408 Å². The zero-order valence-electron chi connectivity index (χ0n) is 43.9. The fraction of sp³-hybridized carbons (Fsp3) is 0.857. The van der Waals surface area contributed by atoms with E-state index in [0.29, 0.717) is 23.9 Å². The normalized spacial score (nSPS) is 13.6. The van der Waals surface area contributed by atoms with Crippen molar-refractivity contribution in [2.24, 2.45) is 0 Å². The van der Waals surface area contributed by atoms with E-state index in [9.17, 15) is 19.0 Å². The number of allylic oxidation sites excluding steroid dienone is 6. The number of likely N-dealkylation sites (N-methyl/N-ethyl adjacent to an activating group) is 1. The fourth-order valence-electron chi connectivity index (χ4n) is 7.82. The van der Waals surface area contributed by atoms with Gasteiger partial charge in [-0.2, -0.15) is 0 Å². The molecule has 1 unspecified atom stereocenters. The molecule has 0 aromatic rings. The smallest absolute Gasteiger partial charge is 0.462 e. The molecule has 0 aliphatic carbocycles. The lowest BCUT2D eigenvalue weighted by atomic mass is 10.0. The summed E-state index contributed by atoms with van der Waals surface area (Å²) < 4.78 is 34.5. The minimum atomic E-state index is -4.39. The van der Waals surface area contributed by atoms with Crippen LogP contribution in [0.3, 0.4) is 0 Å². The maximum atomic E-state index is 12.8. The van der Waals surface area contributed by atoms with E-state index in [1.54, 1.807) is 0 Å². The highest BCUT2D eigenvalue weighted by molar-refractivity contribution is 7.47. The average Bonchev–Trinajstić information content (AvgIpc) is 3.27. The largest absolute Gasteiger partial charge is 0.472 e. The molecular formula is C56H107NO8P+. The molecule has 2 atom stereocenters. The molecule has 9 nitrogen and oxygen atoms in total. The molecule has 1 N–H and O–H groups in total. The van der Waals surface area contributed by atoms with Gasteiger partial charge in [-0.15, -0.1) is 0 Å². The topological polar surface area (TPSA) is 108 Å². The summed E-state index contributed by atoms with van der Waals surface area (Å²) in [6.07, 6.45) is 57.9. The minimum Gasteiger partial charge on any atom is -0.462 e. The van der Waals surface area contributed by atoms with Gasteiger partial charge >= 0.3 is 19.8 Å². The number of carbonyl (C=O) groups excluding carboxylic acids is 2. The molecule has 0 aliphatic rings. The third kappa shape index (κ3) is 51.6. The molecule has 0 aromatic heterocycles. The predicted octanol–water partition coefficient (Wildman–Crippen LogP) is 16.8. The van der Waals surface area contributed by atoms with Crippen molar-refractivity contribution in [3.05, 3.63) is 36.5 Å². The van der Waals surface area contributed by atoms with E-state index >= 15 is 0 Å². The van der Waals surface area contributed by atoms with Crippen LogP contribution in [0.4, 0.5) is 0 Å². The second-order valence-corrected chi connectivity index (χ2v) is 21.4. The van der Waals surface area contributed by atoms with Crippen molar-refractivity contribution in [2.75, 3.05) is 47.5 Å². The molecule has 0 spiro atoms. The fourth-order valence-corrected chi connectivity index (χ4v) is 8.56. The SMILES string of the molecule is CCCCC/C=C/C/C=C/CCCCCCCCCCCC(=O)O[C@H](COC(=O)CCC/C=C/CCCCCCCCCCCCCCCCCCCC)COP(=O)(O)OCC[N+](C)(C)C. The summed E-state index contributed by atoms with van der Waals surface area (Å²) in [4.78, 5) is 35.6. The number of hydrogen-bond acceptors (Lipinski definition) is 7. The Morgan fingerprint density at radius 2 is 0.833 bits per heavy atom. The van der Waals surface area contributed by atoms with Gasteiger partial charge in [0.1, 0.15) is 19.8 Å². The molecule has 0 saturated heterocycles. The van der Waals surface area contributed by atoms with Crippen LogP contribution in [-0.2, 0) is 32.7 Å². The van der Waals surface area contributed by atoms with Gasteiger partial charge in [0.25, 0.3) is 0 Å². The average molecular weight is 953 g/mol. The van der Waals surface area contributed by atoms with Gasteiger partial charge in [0, 0.05) is 12.8 Å². The van der Waals surface area contributed by atoms with Gasteiger partial charge in [-0.1, -0.05) is 217 Å². The lowest BCUT2D eigenvalue weighted by molar-refractivity contribution is -0.870. The van der Waals surface area contributed by atoms with Crippen LogP contribution < -0.4 is 0 Å². The predicted molar refractivity (Wildman–Crippen MR) is 280 cm³/mol. The van der Waals surface area contributed by atoms with Crippen LogP contribution in [0.25, 0.3) is 0 Å². The Kier molecular flexibility index (Phi) is 47.0. The highest BCUT2D eigenvalue weighted by atomic mass is 31.2.